The number of nitrogens with zero attached hydrogens (tertiary/aromatic N) is 4. The van der Waals surface area contributed by atoms with Crippen molar-refractivity contribution in [2.75, 3.05) is 6.61 Å². The first-order valence-corrected chi connectivity index (χ1v) is 6.26. The normalized spacial score (nSPS) is 25.2. The molecule has 0 spiro atoms. The Morgan fingerprint density at radius 1 is 1.80 bits per heavy atom. The third-order valence-electron chi connectivity index (χ3n) is 3.04. The van der Waals surface area contributed by atoms with Crippen molar-refractivity contribution >= 4 is 12.2 Å². The van der Waals surface area contributed by atoms with Gasteiger partial charge in [0.15, 0.2) is 4.77 Å². The molecule has 108 valence electrons. The van der Waals surface area contributed by atoms with E-state index in [9.17, 15) is 9.90 Å². The van der Waals surface area contributed by atoms with Crippen LogP contribution in [0.3, 0.4) is 0 Å². The number of aliphatic hydroxyl groups is 1. The molecule has 2 rings (SSSR count). The number of hydrogen-bond donors (Lipinski definition) is 2. The number of aromatic amines is 1. The Labute approximate surface area is 118 Å². The summed E-state index contributed by atoms with van der Waals surface area (Å²) in [6.45, 7) is 1.37. The number of H-pyrrole nitrogens is 1. The topological polar surface area (TPSA) is 125 Å². The smallest absolute Gasteiger partial charge is 0.254 e. The Kier molecular flexibility index (Phi) is 4.40. The van der Waals surface area contributed by atoms with Gasteiger partial charge in [0.25, 0.3) is 5.56 Å². The zero-order valence-electron chi connectivity index (χ0n) is 10.6. The Balaban J connectivity index is 2.27. The van der Waals surface area contributed by atoms with Crippen LogP contribution in [0.25, 0.3) is 10.4 Å². The van der Waals surface area contributed by atoms with Crippen LogP contribution in [0.15, 0.2) is 16.3 Å². The highest BCUT2D eigenvalue weighted by atomic mass is 32.1. The molecule has 1 aromatic heterocycles. The molecule has 0 radical (unpaired) electrons. The van der Waals surface area contributed by atoms with E-state index in [1.807, 2.05) is 0 Å². The number of nitrogens with one attached hydrogen (secondary N) is 1. The van der Waals surface area contributed by atoms with Gasteiger partial charge in [0, 0.05) is 23.1 Å². The van der Waals surface area contributed by atoms with Crippen LogP contribution in [-0.4, -0.2) is 33.5 Å². The van der Waals surface area contributed by atoms with Gasteiger partial charge in [-0.25, -0.2) is 0 Å². The molecular formula is C10H13N5O4S. The summed E-state index contributed by atoms with van der Waals surface area (Å²) in [6.07, 6.45) is 0.212. The lowest BCUT2D eigenvalue weighted by molar-refractivity contribution is -0.0622. The quantitative estimate of drug-likeness (QED) is 0.283. The molecule has 2 N–H and O–H groups in total. The lowest BCUT2D eigenvalue weighted by Crippen LogP contribution is -2.26. The van der Waals surface area contributed by atoms with E-state index in [1.165, 1.54) is 0 Å². The fourth-order valence-electron chi connectivity index (χ4n) is 2.03. The highest BCUT2D eigenvalue weighted by Gasteiger charge is 2.37. The van der Waals surface area contributed by atoms with Crippen LogP contribution in [0.5, 0.6) is 0 Å². The molecule has 2 heterocycles. The first kappa shape index (κ1) is 14.5. The fourth-order valence-corrected chi connectivity index (χ4v) is 2.29. The summed E-state index contributed by atoms with van der Waals surface area (Å²) in [4.78, 5) is 21.4. The van der Waals surface area contributed by atoms with E-state index >= 15 is 0 Å². The van der Waals surface area contributed by atoms with Gasteiger partial charge in [-0.2, -0.15) is 0 Å². The van der Waals surface area contributed by atoms with Crippen LogP contribution in [-0.2, 0) is 9.57 Å². The molecule has 1 aromatic rings. The molecule has 9 nitrogen and oxygen atoms in total. The SMILES string of the molecule is Cc1cn([C@H]2CC(ON=[N+]=[N-])[C@@H](CO)O2)c(=S)[nH]c1=O. The summed E-state index contributed by atoms with van der Waals surface area (Å²) < 4.78 is 7.39. The Hall–Kier alpha value is -1.87. The van der Waals surface area contributed by atoms with Crippen molar-refractivity contribution in [3.63, 3.8) is 0 Å². The average Bonchev–Trinajstić information content (AvgIpc) is 2.83. The van der Waals surface area contributed by atoms with Crippen LogP contribution >= 0.6 is 12.2 Å². The summed E-state index contributed by atoms with van der Waals surface area (Å²) in [5.41, 5.74) is 8.48. The van der Waals surface area contributed by atoms with Crippen molar-refractivity contribution in [1.29, 1.82) is 0 Å². The molecule has 10 heteroatoms. The molecule has 1 aliphatic rings. The minimum Gasteiger partial charge on any atom is -0.427 e. The molecule has 0 amide bonds. The van der Waals surface area contributed by atoms with E-state index in [0.29, 0.717) is 12.0 Å². The second kappa shape index (κ2) is 6.06. The highest BCUT2D eigenvalue weighted by molar-refractivity contribution is 7.71. The van der Waals surface area contributed by atoms with Crippen LogP contribution in [0.4, 0.5) is 0 Å². The van der Waals surface area contributed by atoms with E-state index in [2.05, 4.69) is 15.2 Å². The molecule has 1 fully saturated rings. The maximum Gasteiger partial charge on any atom is 0.254 e. The van der Waals surface area contributed by atoms with E-state index in [-0.39, 0.29) is 16.9 Å². The summed E-state index contributed by atoms with van der Waals surface area (Å²) in [6, 6.07) is 0. The van der Waals surface area contributed by atoms with Crippen LogP contribution < -0.4 is 5.56 Å². The number of aliphatic hydroxyl groups excluding tert-OH is 1. The molecule has 0 saturated carbocycles. The standard InChI is InChI=1S/C10H13N5O4S/c1-5-3-15(10(20)12-9(5)17)8-2-6(19-14-13-11)7(4-16)18-8/h3,6-8,16H,2,4H2,1H3,(H,12,17,20)/t6?,7-,8-/m1/s1. The number of rotatable bonds is 4. The molecule has 1 aliphatic heterocycles. The van der Waals surface area contributed by atoms with Gasteiger partial charge >= 0.3 is 0 Å². The third kappa shape index (κ3) is 2.83. The van der Waals surface area contributed by atoms with Gasteiger partial charge < -0.3 is 14.7 Å². The minimum absolute atomic E-state index is 0.215. The largest absolute Gasteiger partial charge is 0.427 e. The number of hydrogen-bond acceptors (Lipinski definition) is 6. The van der Waals surface area contributed by atoms with E-state index in [0.717, 1.165) is 0 Å². The molecule has 1 saturated heterocycles. The number of azide groups is 1. The fraction of sp³-hybridized carbons (Fsp3) is 0.600. The predicted molar refractivity (Wildman–Crippen MR) is 70.3 cm³/mol. The Morgan fingerprint density at radius 3 is 3.20 bits per heavy atom. The zero-order chi connectivity index (χ0) is 14.7. The average molecular weight is 299 g/mol. The van der Waals surface area contributed by atoms with Gasteiger partial charge in [-0.3, -0.25) is 14.3 Å². The van der Waals surface area contributed by atoms with E-state index in [4.69, 9.17) is 27.3 Å². The van der Waals surface area contributed by atoms with Gasteiger partial charge in [0.05, 0.1) is 6.61 Å². The first-order chi connectivity index (χ1) is 9.56. The molecule has 3 atom stereocenters. The van der Waals surface area contributed by atoms with Crippen molar-refractivity contribution in [1.82, 2.24) is 9.55 Å². The zero-order valence-corrected chi connectivity index (χ0v) is 11.4. The number of aryl methyl sites for hydroxylation is 1. The summed E-state index contributed by atoms with van der Waals surface area (Å²) in [5.74, 6) is 0. The second-order valence-corrected chi connectivity index (χ2v) is 4.73. The van der Waals surface area contributed by atoms with E-state index < -0.39 is 18.4 Å². The molecule has 0 aliphatic carbocycles. The maximum atomic E-state index is 11.4. The Bertz CT molecular complexity index is 650. The maximum absolute atomic E-state index is 11.4. The predicted octanol–water partition coefficient (Wildman–Crippen LogP) is 1.10. The first-order valence-electron chi connectivity index (χ1n) is 5.85. The minimum atomic E-state index is -0.625. The molecule has 1 unspecified atom stereocenters. The number of aromatic nitrogens is 2. The van der Waals surface area contributed by atoms with Crippen molar-refractivity contribution in [3.8, 4) is 0 Å². The van der Waals surface area contributed by atoms with Crippen molar-refractivity contribution in [2.45, 2.75) is 31.8 Å². The van der Waals surface area contributed by atoms with Gasteiger partial charge in [-0.15, -0.1) is 0 Å². The molecule has 0 bridgehead atoms. The lowest BCUT2D eigenvalue weighted by Gasteiger charge is -2.15. The monoisotopic (exact) mass is 299 g/mol. The lowest BCUT2D eigenvalue weighted by atomic mass is 10.2. The molecule has 20 heavy (non-hydrogen) atoms. The van der Waals surface area contributed by atoms with Crippen molar-refractivity contribution in [2.24, 2.45) is 5.28 Å². The van der Waals surface area contributed by atoms with Crippen molar-refractivity contribution < 1.29 is 14.7 Å². The van der Waals surface area contributed by atoms with E-state index in [1.54, 1.807) is 17.7 Å². The molecular weight excluding hydrogens is 286 g/mol. The number of ether oxygens (including phenoxy) is 1. The van der Waals surface area contributed by atoms with Crippen LogP contribution in [0, 0.1) is 11.7 Å². The summed E-state index contributed by atoms with van der Waals surface area (Å²) in [5, 5.41) is 12.3. The van der Waals surface area contributed by atoms with Crippen molar-refractivity contribution in [3.05, 3.63) is 37.3 Å². The highest BCUT2D eigenvalue weighted by Crippen LogP contribution is 2.30. The summed E-state index contributed by atoms with van der Waals surface area (Å²) >= 11 is 5.08. The van der Waals surface area contributed by atoms with Crippen LogP contribution in [0.1, 0.15) is 18.2 Å². The van der Waals surface area contributed by atoms with Gasteiger partial charge in [0.2, 0.25) is 0 Å². The Morgan fingerprint density at radius 2 is 2.55 bits per heavy atom. The van der Waals surface area contributed by atoms with Gasteiger partial charge in [-0.05, 0) is 24.7 Å². The van der Waals surface area contributed by atoms with Gasteiger partial charge in [-0.1, -0.05) is 0 Å². The van der Waals surface area contributed by atoms with Gasteiger partial charge in [0.1, 0.15) is 23.7 Å². The molecule has 0 aromatic carbocycles. The third-order valence-corrected chi connectivity index (χ3v) is 3.35. The van der Waals surface area contributed by atoms with Crippen LogP contribution in [0.2, 0.25) is 0 Å². The summed E-state index contributed by atoms with van der Waals surface area (Å²) in [7, 11) is 0. The second-order valence-electron chi connectivity index (χ2n) is 4.34.